The quantitative estimate of drug-likeness (QED) is 0.880. The van der Waals surface area contributed by atoms with Gasteiger partial charge in [0.2, 0.25) is 5.91 Å². The Morgan fingerprint density at radius 3 is 2.95 bits per heavy atom. The number of aromatic nitrogens is 1. The maximum atomic E-state index is 10.9. The Bertz CT molecular complexity index is 629. The highest BCUT2D eigenvalue weighted by atomic mass is 32.1. The summed E-state index contributed by atoms with van der Waals surface area (Å²) in [7, 11) is 0. The molecule has 1 aliphatic rings. The van der Waals surface area contributed by atoms with Gasteiger partial charge in [0.05, 0.1) is 6.54 Å². The molecule has 0 spiro atoms. The van der Waals surface area contributed by atoms with Crippen molar-refractivity contribution in [3.05, 3.63) is 23.3 Å². The van der Waals surface area contributed by atoms with E-state index >= 15 is 0 Å². The zero-order valence-electron chi connectivity index (χ0n) is 12.7. The third kappa shape index (κ3) is 3.88. The Labute approximate surface area is 134 Å². The van der Waals surface area contributed by atoms with Crippen molar-refractivity contribution in [1.82, 2.24) is 10.3 Å². The molecule has 0 atom stereocenters. The number of rotatable bonds is 5. The molecule has 3 rings (SSSR count). The first kappa shape index (κ1) is 15.1. The lowest BCUT2D eigenvalue weighted by atomic mass is 9.96. The zero-order valence-corrected chi connectivity index (χ0v) is 13.5. The molecular weight excluding hydrogens is 298 g/mol. The molecule has 0 bridgehead atoms. The van der Waals surface area contributed by atoms with Gasteiger partial charge in [-0.15, -0.1) is 11.3 Å². The van der Waals surface area contributed by atoms with Gasteiger partial charge < -0.3 is 15.1 Å². The zero-order chi connectivity index (χ0) is 15.4. The van der Waals surface area contributed by atoms with E-state index in [0.29, 0.717) is 12.6 Å². The first-order chi connectivity index (χ1) is 10.7. The van der Waals surface area contributed by atoms with E-state index in [9.17, 15) is 4.79 Å². The Balaban J connectivity index is 1.61. The van der Waals surface area contributed by atoms with Crippen LogP contribution in [0.4, 0.5) is 5.13 Å². The van der Waals surface area contributed by atoms with Crippen molar-refractivity contribution < 1.29 is 9.21 Å². The summed E-state index contributed by atoms with van der Waals surface area (Å²) in [6.45, 7) is 1.90. The SMILES string of the molecule is CC(=O)NCc1ccc(-c2csc(NC3CCCCC3)n2)o1. The van der Waals surface area contributed by atoms with E-state index < -0.39 is 0 Å². The van der Waals surface area contributed by atoms with Crippen LogP contribution in [-0.2, 0) is 11.3 Å². The predicted octanol–water partition coefficient (Wildman–Crippen LogP) is 3.78. The lowest BCUT2D eigenvalue weighted by molar-refractivity contribution is -0.119. The normalized spacial score (nSPS) is 15.7. The second kappa shape index (κ2) is 6.96. The summed E-state index contributed by atoms with van der Waals surface area (Å²) < 4.78 is 5.73. The molecule has 1 saturated carbocycles. The van der Waals surface area contributed by atoms with Gasteiger partial charge in [0.15, 0.2) is 10.9 Å². The van der Waals surface area contributed by atoms with Gasteiger partial charge in [0.25, 0.3) is 0 Å². The highest BCUT2D eigenvalue weighted by molar-refractivity contribution is 7.14. The molecule has 6 heteroatoms. The summed E-state index contributed by atoms with van der Waals surface area (Å²) in [6.07, 6.45) is 6.43. The van der Waals surface area contributed by atoms with E-state index in [0.717, 1.165) is 22.3 Å². The number of anilines is 1. The summed E-state index contributed by atoms with van der Waals surface area (Å²) in [4.78, 5) is 15.5. The van der Waals surface area contributed by atoms with Crippen molar-refractivity contribution in [2.45, 2.75) is 51.6 Å². The number of amides is 1. The first-order valence-corrected chi connectivity index (χ1v) is 8.64. The number of furan rings is 1. The molecular formula is C16H21N3O2S. The van der Waals surface area contributed by atoms with Crippen LogP contribution in [0.1, 0.15) is 44.8 Å². The third-order valence-corrected chi connectivity index (χ3v) is 4.64. The molecule has 118 valence electrons. The fourth-order valence-corrected chi connectivity index (χ4v) is 3.47. The molecule has 2 aromatic rings. The maximum absolute atomic E-state index is 10.9. The number of hydrogen-bond acceptors (Lipinski definition) is 5. The van der Waals surface area contributed by atoms with Gasteiger partial charge >= 0.3 is 0 Å². The fraction of sp³-hybridized carbons (Fsp3) is 0.500. The van der Waals surface area contributed by atoms with Crippen molar-refractivity contribution in [1.29, 1.82) is 0 Å². The van der Waals surface area contributed by atoms with E-state index in [2.05, 4.69) is 15.6 Å². The molecule has 0 radical (unpaired) electrons. The number of carbonyl (C=O) groups excluding carboxylic acids is 1. The van der Waals surface area contributed by atoms with Crippen LogP contribution in [0.15, 0.2) is 21.9 Å². The topological polar surface area (TPSA) is 67.2 Å². The van der Waals surface area contributed by atoms with Crippen LogP contribution in [0.3, 0.4) is 0 Å². The summed E-state index contributed by atoms with van der Waals surface area (Å²) in [5.41, 5.74) is 0.845. The molecule has 2 heterocycles. The minimum Gasteiger partial charge on any atom is -0.458 e. The van der Waals surface area contributed by atoms with Crippen LogP contribution in [0.2, 0.25) is 0 Å². The number of nitrogens with zero attached hydrogens (tertiary/aromatic N) is 1. The second-order valence-corrected chi connectivity index (χ2v) is 6.55. The molecule has 5 nitrogen and oxygen atoms in total. The van der Waals surface area contributed by atoms with E-state index in [-0.39, 0.29) is 5.91 Å². The van der Waals surface area contributed by atoms with E-state index in [1.54, 1.807) is 11.3 Å². The van der Waals surface area contributed by atoms with Crippen LogP contribution >= 0.6 is 11.3 Å². The lowest BCUT2D eigenvalue weighted by Crippen LogP contribution is -2.21. The van der Waals surface area contributed by atoms with Crippen molar-refractivity contribution in [3.63, 3.8) is 0 Å². The Hall–Kier alpha value is -1.82. The Morgan fingerprint density at radius 2 is 2.18 bits per heavy atom. The molecule has 0 unspecified atom stereocenters. The van der Waals surface area contributed by atoms with Gasteiger partial charge in [-0.1, -0.05) is 19.3 Å². The average molecular weight is 319 g/mol. The molecule has 1 aliphatic carbocycles. The highest BCUT2D eigenvalue weighted by Crippen LogP contribution is 2.28. The number of thiazole rings is 1. The molecule has 0 saturated heterocycles. The van der Waals surface area contributed by atoms with Gasteiger partial charge in [-0.25, -0.2) is 4.98 Å². The largest absolute Gasteiger partial charge is 0.458 e. The number of nitrogens with one attached hydrogen (secondary N) is 2. The van der Waals surface area contributed by atoms with Crippen molar-refractivity contribution in [2.24, 2.45) is 0 Å². The molecule has 2 N–H and O–H groups in total. The highest BCUT2D eigenvalue weighted by Gasteiger charge is 2.15. The minimum atomic E-state index is -0.0643. The summed E-state index contributed by atoms with van der Waals surface area (Å²) in [6, 6.07) is 4.33. The van der Waals surface area contributed by atoms with Crippen LogP contribution in [0.25, 0.3) is 11.5 Å². The van der Waals surface area contributed by atoms with Crippen LogP contribution < -0.4 is 10.6 Å². The van der Waals surface area contributed by atoms with Crippen molar-refractivity contribution in [3.8, 4) is 11.5 Å². The minimum absolute atomic E-state index is 0.0643. The number of hydrogen-bond donors (Lipinski definition) is 2. The second-order valence-electron chi connectivity index (χ2n) is 5.69. The third-order valence-electron chi connectivity index (χ3n) is 3.86. The maximum Gasteiger partial charge on any atom is 0.217 e. The van der Waals surface area contributed by atoms with Crippen LogP contribution in [0, 0.1) is 0 Å². The van der Waals surface area contributed by atoms with Gasteiger partial charge in [-0.2, -0.15) is 0 Å². The van der Waals surface area contributed by atoms with Crippen LogP contribution in [-0.4, -0.2) is 16.9 Å². The molecule has 0 aromatic carbocycles. The fourth-order valence-electron chi connectivity index (χ4n) is 2.70. The Morgan fingerprint density at radius 1 is 1.36 bits per heavy atom. The van der Waals surface area contributed by atoms with E-state index in [1.165, 1.54) is 39.0 Å². The summed E-state index contributed by atoms with van der Waals surface area (Å²) in [5.74, 6) is 1.42. The van der Waals surface area contributed by atoms with Gasteiger partial charge in [-0.3, -0.25) is 4.79 Å². The summed E-state index contributed by atoms with van der Waals surface area (Å²) >= 11 is 1.61. The monoisotopic (exact) mass is 319 g/mol. The van der Waals surface area contributed by atoms with Gasteiger partial charge in [-0.05, 0) is 25.0 Å². The molecule has 0 aliphatic heterocycles. The predicted molar refractivity (Wildman–Crippen MR) is 87.8 cm³/mol. The first-order valence-electron chi connectivity index (χ1n) is 7.76. The number of carbonyl (C=O) groups is 1. The van der Waals surface area contributed by atoms with Crippen LogP contribution in [0.5, 0.6) is 0 Å². The molecule has 22 heavy (non-hydrogen) atoms. The standard InChI is InChI=1S/C16H21N3O2S/c1-11(20)17-9-13-7-8-15(21-13)14-10-22-16(19-14)18-12-5-3-2-4-6-12/h7-8,10,12H,2-6,9H2,1H3,(H,17,20)(H,18,19). The molecule has 1 fully saturated rings. The molecule has 2 aromatic heterocycles. The van der Waals surface area contributed by atoms with E-state index in [1.807, 2.05) is 17.5 Å². The van der Waals surface area contributed by atoms with Gasteiger partial charge in [0, 0.05) is 18.3 Å². The lowest BCUT2D eigenvalue weighted by Gasteiger charge is -2.22. The summed E-state index contributed by atoms with van der Waals surface area (Å²) in [5, 5.41) is 9.22. The smallest absolute Gasteiger partial charge is 0.217 e. The van der Waals surface area contributed by atoms with E-state index in [4.69, 9.17) is 4.42 Å². The van der Waals surface area contributed by atoms with Crippen molar-refractivity contribution >= 4 is 22.4 Å². The average Bonchev–Trinajstić information content (AvgIpc) is 3.15. The molecule has 1 amide bonds. The Kier molecular flexibility index (Phi) is 4.77. The van der Waals surface area contributed by atoms with Gasteiger partial charge in [0.1, 0.15) is 11.5 Å². The van der Waals surface area contributed by atoms with Crippen molar-refractivity contribution in [2.75, 3.05) is 5.32 Å².